The van der Waals surface area contributed by atoms with Crippen LogP contribution >= 0.6 is 11.8 Å². The average Bonchev–Trinajstić information content (AvgIpc) is 2.28. The van der Waals surface area contributed by atoms with Crippen molar-refractivity contribution in [3.05, 3.63) is 28.8 Å². The second-order valence-electron chi connectivity index (χ2n) is 4.42. The fourth-order valence-electron chi connectivity index (χ4n) is 1.84. The van der Waals surface area contributed by atoms with E-state index in [4.69, 9.17) is 4.74 Å². The van der Waals surface area contributed by atoms with Crippen LogP contribution in [0.25, 0.3) is 0 Å². The number of aryl methyl sites for hydroxylation is 1. The first-order chi connectivity index (χ1) is 8.01. The number of carbonyl (C=O) groups is 1. The topological polar surface area (TPSA) is 26.3 Å². The molecule has 0 aliphatic heterocycles. The van der Waals surface area contributed by atoms with Crippen molar-refractivity contribution in [3.63, 3.8) is 0 Å². The molecule has 0 atom stereocenters. The molecule has 0 aromatic heterocycles. The summed E-state index contributed by atoms with van der Waals surface area (Å²) >= 11 is 1.56. The van der Waals surface area contributed by atoms with Gasteiger partial charge in [0.2, 0.25) is 0 Å². The Bertz CT molecular complexity index is 411. The molecule has 2 nitrogen and oxygen atoms in total. The largest absolute Gasteiger partial charge is 0.496 e. The van der Waals surface area contributed by atoms with Gasteiger partial charge in [0.25, 0.3) is 0 Å². The van der Waals surface area contributed by atoms with Crippen LogP contribution in [0, 0.1) is 6.92 Å². The number of rotatable bonds is 5. The third-order valence-corrected chi connectivity index (χ3v) is 3.33. The first-order valence-corrected chi connectivity index (χ1v) is 7.11. The second-order valence-corrected chi connectivity index (χ2v) is 5.29. The lowest BCUT2D eigenvalue weighted by molar-refractivity contribution is 0.102. The zero-order valence-electron chi connectivity index (χ0n) is 11.2. The second kappa shape index (κ2) is 6.10. The molecule has 17 heavy (non-hydrogen) atoms. The van der Waals surface area contributed by atoms with Crippen LogP contribution in [0.1, 0.15) is 41.3 Å². The number of carbonyl (C=O) groups excluding carboxylic acids is 1. The van der Waals surface area contributed by atoms with Gasteiger partial charge in [0.15, 0.2) is 5.78 Å². The molecule has 94 valence electrons. The summed E-state index contributed by atoms with van der Waals surface area (Å²) in [4.78, 5) is 12.0. The molecule has 0 radical (unpaired) electrons. The van der Waals surface area contributed by atoms with E-state index in [0.29, 0.717) is 11.7 Å². The van der Waals surface area contributed by atoms with Crippen LogP contribution in [0.15, 0.2) is 12.1 Å². The fourth-order valence-corrected chi connectivity index (χ4v) is 2.25. The molecule has 1 rings (SSSR count). The number of ketones is 1. The van der Waals surface area contributed by atoms with E-state index < -0.39 is 0 Å². The highest BCUT2D eigenvalue weighted by Gasteiger charge is 2.15. The smallest absolute Gasteiger partial charge is 0.172 e. The average molecular weight is 252 g/mol. The highest BCUT2D eigenvalue weighted by Crippen LogP contribution is 2.30. The van der Waals surface area contributed by atoms with Gasteiger partial charge in [0.05, 0.1) is 12.9 Å². The molecule has 0 fully saturated rings. The molecule has 1 aromatic carbocycles. The Balaban J connectivity index is 3.24. The molecule has 0 bridgehead atoms. The molecule has 0 aliphatic rings. The van der Waals surface area contributed by atoms with Gasteiger partial charge < -0.3 is 4.74 Å². The molecule has 0 saturated carbocycles. The molecule has 0 unspecified atom stereocenters. The molecular formula is C14H20O2S. The number of hydrogen-bond acceptors (Lipinski definition) is 3. The number of methoxy groups -OCH3 is 1. The summed E-state index contributed by atoms with van der Waals surface area (Å²) in [6.07, 6.45) is 1.94. The quantitative estimate of drug-likeness (QED) is 0.748. The number of thioether (sulfide) groups is 1. The minimum Gasteiger partial charge on any atom is -0.496 e. The maximum atomic E-state index is 12.0. The monoisotopic (exact) mass is 252 g/mol. The van der Waals surface area contributed by atoms with E-state index in [9.17, 15) is 4.79 Å². The molecule has 0 saturated heterocycles. The molecule has 0 aliphatic carbocycles. The van der Waals surface area contributed by atoms with Crippen molar-refractivity contribution in [2.45, 2.75) is 26.7 Å². The minimum atomic E-state index is 0.194. The minimum absolute atomic E-state index is 0.194. The standard InChI is InChI=1S/C14H20O2S/c1-9(2)11-7-12(13(15)8-17-5)10(3)6-14(11)16-4/h6-7,9H,8H2,1-5H3. The van der Waals surface area contributed by atoms with Crippen molar-refractivity contribution >= 4 is 17.5 Å². The van der Waals surface area contributed by atoms with Crippen molar-refractivity contribution in [1.29, 1.82) is 0 Å². The number of Topliss-reactive ketones (excluding diaryl/α,β-unsaturated/α-hetero) is 1. The van der Waals surface area contributed by atoms with Gasteiger partial charge in [-0.1, -0.05) is 13.8 Å². The summed E-state index contributed by atoms with van der Waals surface area (Å²) in [6.45, 7) is 6.17. The van der Waals surface area contributed by atoms with Crippen molar-refractivity contribution in [2.75, 3.05) is 19.1 Å². The van der Waals surface area contributed by atoms with E-state index in [0.717, 1.165) is 22.4 Å². The molecule has 3 heteroatoms. The van der Waals surface area contributed by atoms with E-state index in [-0.39, 0.29) is 5.78 Å². The van der Waals surface area contributed by atoms with Gasteiger partial charge in [-0.25, -0.2) is 0 Å². The van der Waals surface area contributed by atoms with Crippen molar-refractivity contribution in [3.8, 4) is 5.75 Å². The molecule has 0 heterocycles. The van der Waals surface area contributed by atoms with E-state index in [2.05, 4.69) is 13.8 Å². The van der Waals surface area contributed by atoms with Crippen LogP contribution in [0.2, 0.25) is 0 Å². The van der Waals surface area contributed by atoms with Crippen LogP contribution in [0.4, 0.5) is 0 Å². The van der Waals surface area contributed by atoms with Crippen LogP contribution in [0.5, 0.6) is 5.75 Å². The highest BCUT2D eigenvalue weighted by atomic mass is 32.2. The summed E-state index contributed by atoms with van der Waals surface area (Å²) in [5.74, 6) is 1.95. The Labute approximate surface area is 108 Å². The summed E-state index contributed by atoms with van der Waals surface area (Å²) < 4.78 is 5.37. The van der Waals surface area contributed by atoms with E-state index in [1.54, 1.807) is 18.9 Å². The summed E-state index contributed by atoms with van der Waals surface area (Å²) in [7, 11) is 1.67. The van der Waals surface area contributed by atoms with Crippen molar-refractivity contribution in [2.24, 2.45) is 0 Å². The zero-order chi connectivity index (χ0) is 13.0. The first kappa shape index (κ1) is 14.1. The van der Waals surface area contributed by atoms with E-state index in [1.165, 1.54) is 0 Å². The molecule has 0 spiro atoms. The van der Waals surface area contributed by atoms with Crippen LogP contribution < -0.4 is 4.74 Å². The predicted octanol–water partition coefficient (Wildman–Crippen LogP) is 3.67. The van der Waals surface area contributed by atoms with Gasteiger partial charge in [-0.05, 0) is 42.4 Å². The van der Waals surface area contributed by atoms with Crippen molar-refractivity contribution < 1.29 is 9.53 Å². The Kier molecular flexibility index (Phi) is 5.06. The maximum Gasteiger partial charge on any atom is 0.172 e. The van der Waals surface area contributed by atoms with E-state index >= 15 is 0 Å². The number of ether oxygens (including phenoxy) is 1. The summed E-state index contributed by atoms with van der Waals surface area (Å²) in [5.41, 5.74) is 2.91. The predicted molar refractivity (Wildman–Crippen MR) is 74.5 cm³/mol. The Hall–Kier alpha value is -0.960. The van der Waals surface area contributed by atoms with E-state index in [1.807, 2.05) is 25.3 Å². The Morgan fingerprint density at radius 3 is 2.53 bits per heavy atom. The lowest BCUT2D eigenvalue weighted by Crippen LogP contribution is -2.07. The fraction of sp³-hybridized carbons (Fsp3) is 0.500. The van der Waals surface area contributed by atoms with Crippen LogP contribution in [0.3, 0.4) is 0 Å². The zero-order valence-corrected chi connectivity index (χ0v) is 12.0. The van der Waals surface area contributed by atoms with Crippen molar-refractivity contribution in [1.82, 2.24) is 0 Å². The molecular weight excluding hydrogens is 232 g/mol. The first-order valence-electron chi connectivity index (χ1n) is 5.72. The number of benzene rings is 1. The number of hydrogen-bond donors (Lipinski definition) is 0. The van der Waals surface area contributed by atoms with Gasteiger partial charge in [-0.3, -0.25) is 4.79 Å². The Morgan fingerprint density at radius 2 is 2.06 bits per heavy atom. The van der Waals surface area contributed by atoms with Gasteiger partial charge in [0.1, 0.15) is 5.75 Å². The third kappa shape index (κ3) is 3.25. The SMILES string of the molecule is COc1cc(C)c(C(=O)CSC)cc1C(C)C. The van der Waals surface area contributed by atoms with Gasteiger partial charge in [-0.15, -0.1) is 0 Å². The molecule has 0 N–H and O–H groups in total. The summed E-state index contributed by atoms with van der Waals surface area (Å²) in [5, 5.41) is 0. The molecule has 1 aromatic rings. The highest BCUT2D eigenvalue weighted by molar-refractivity contribution is 7.99. The van der Waals surface area contributed by atoms with Gasteiger partial charge in [0, 0.05) is 5.56 Å². The van der Waals surface area contributed by atoms with Gasteiger partial charge >= 0.3 is 0 Å². The van der Waals surface area contributed by atoms with Gasteiger partial charge in [-0.2, -0.15) is 11.8 Å². The Morgan fingerprint density at radius 1 is 1.41 bits per heavy atom. The lowest BCUT2D eigenvalue weighted by Gasteiger charge is -2.15. The van der Waals surface area contributed by atoms with Crippen LogP contribution in [-0.2, 0) is 0 Å². The summed E-state index contributed by atoms with van der Waals surface area (Å²) in [6, 6.07) is 3.94. The lowest BCUT2D eigenvalue weighted by atomic mass is 9.95. The normalized spacial score (nSPS) is 10.7. The van der Waals surface area contributed by atoms with Crippen LogP contribution in [-0.4, -0.2) is 24.9 Å². The third-order valence-electron chi connectivity index (χ3n) is 2.77. The molecule has 0 amide bonds. The maximum absolute atomic E-state index is 12.0.